The maximum atomic E-state index is 13.4. The summed E-state index contributed by atoms with van der Waals surface area (Å²) >= 11 is 2.87. The molecule has 7 heteroatoms. The van der Waals surface area contributed by atoms with E-state index in [1.807, 2.05) is 0 Å². The number of nitrogens with zero attached hydrogens (tertiary/aromatic N) is 1. The smallest absolute Gasteiger partial charge is 0.339 e. The van der Waals surface area contributed by atoms with E-state index in [1.54, 1.807) is 0 Å². The Morgan fingerprint density at radius 3 is 2.87 bits per heavy atom. The van der Waals surface area contributed by atoms with Gasteiger partial charge in [-0.1, -0.05) is 0 Å². The van der Waals surface area contributed by atoms with Gasteiger partial charge in [0.2, 0.25) is 5.82 Å². The van der Waals surface area contributed by atoms with Crippen molar-refractivity contribution in [1.82, 2.24) is 0 Å². The van der Waals surface area contributed by atoms with Crippen LogP contribution >= 0.6 is 15.9 Å². The average Bonchev–Trinajstić information content (AvgIpc) is 2.53. The van der Waals surface area contributed by atoms with Gasteiger partial charge in [-0.25, -0.2) is 4.79 Å². The summed E-state index contributed by atoms with van der Waals surface area (Å²) in [5.74, 6) is -1.66. The maximum absolute atomic E-state index is 13.4. The molecule has 0 bridgehead atoms. The molecule has 1 aliphatic rings. The van der Waals surface area contributed by atoms with Gasteiger partial charge in [0, 0.05) is 11.6 Å². The van der Waals surface area contributed by atoms with Gasteiger partial charge < -0.3 is 4.74 Å². The number of benzene rings is 1. The zero-order valence-corrected chi connectivity index (χ0v) is 8.71. The molecule has 0 spiro atoms. The molecule has 0 radical (unpaired) electrons. The van der Waals surface area contributed by atoms with Crippen LogP contribution in [0, 0.1) is 15.9 Å². The minimum absolute atomic E-state index is 0.0370. The van der Waals surface area contributed by atoms with E-state index >= 15 is 0 Å². The minimum Gasteiger partial charge on any atom is -0.457 e. The van der Waals surface area contributed by atoms with Crippen LogP contribution in [0.2, 0.25) is 0 Å². The molecule has 0 aliphatic carbocycles. The molecule has 0 amide bonds. The van der Waals surface area contributed by atoms with Crippen LogP contribution in [0.15, 0.2) is 10.5 Å². The molecule has 0 N–H and O–H groups in total. The van der Waals surface area contributed by atoms with E-state index in [0.29, 0.717) is 5.56 Å². The highest BCUT2D eigenvalue weighted by atomic mass is 79.9. The van der Waals surface area contributed by atoms with Gasteiger partial charge >= 0.3 is 11.7 Å². The summed E-state index contributed by atoms with van der Waals surface area (Å²) < 4.78 is 17.9. The highest BCUT2D eigenvalue weighted by Gasteiger charge is 2.31. The number of carbonyl (C=O) groups excluding carboxylic acids is 1. The van der Waals surface area contributed by atoms with Gasteiger partial charge in [0.05, 0.1) is 15.0 Å². The molecule has 0 saturated carbocycles. The van der Waals surface area contributed by atoms with Crippen molar-refractivity contribution in [3.8, 4) is 0 Å². The summed E-state index contributed by atoms with van der Waals surface area (Å²) in [5, 5.41) is 10.5. The van der Waals surface area contributed by atoms with Crippen LogP contribution in [0.25, 0.3) is 0 Å². The number of nitro groups is 1. The van der Waals surface area contributed by atoms with Crippen molar-refractivity contribution in [1.29, 1.82) is 0 Å². The fourth-order valence-corrected chi connectivity index (χ4v) is 1.85. The van der Waals surface area contributed by atoms with Gasteiger partial charge in [0.25, 0.3) is 0 Å². The molecule has 78 valence electrons. The third kappa shape index (κ3) is 1.39. The summed E-state index contributed by atoms with van der Waals surface area (Å²) in [5.41, 5.74) is -0.391. The molecule has 0 aromatic heterocycles. The topological polar surface area (TPSA) is 69.4 Å². The Morgan fingerprint density at radius 1 is 1.60 bits per heavy atom. The predicted molar refractivity (Wildman–Crippen MR) is 49.9 cm³/mol. The van der Waals surface area contributed by atoms with Crippen LogP contribution in [-0.4, -0.2) is 10.9 Å². The van der Waals surface area contributed by atoms with Crippen molar-refractivity contribution < 1.29 is 18.8 Å². The predicted octanol–water partition coefficient (Wildman–Crippen LogP) is 2.17. The molecular formula is C8H3BrFNO4. The minimum atomic E-state index is -0.989. The number of hydrogen-bond acceptors (Lipinski definition) is 4. The number of fused-ring (bicyclic) bond motifs is 1. The lowest BCUT2D eigenvalue weighted by atomic mass is 10.1. The molecule has 1 heterocycles. The summed E-state index contributed by atoms with van der Waals surface area (Å²) in [6, 6.07) is 0.894. The lowest BCUT2D eigenvalue weighted by Gasteiger charge is -2.00. The third-order valence-electron chi connectivity index (χ3n) is 2.05. The van der Waals surface area contributed by atoms with E-state index in [9.17, 15) is 19.3 Å². The van der Waals surface area contributed by atoms with Crippen molar-refractivity contribution in [2.24, 2.45) is 0 Å². The molecule has 0 saturated heterocycles. The quantitative estimate of drug-likeness (QED) is 0.447. The van der Waals surface area contributed by atoms with E-state index in [4.69, 9.17) is 0 Å². The Kier molecular flexibility index (Phi) is 2.18. The number of nitro benzene ring substituents is 1. The second-order valence-corrected chi connectivity index (χ2v) is 3.68. The second kappa shape index (κ2) is 3.27. The van der Waals surface area contributed by atoms with Crippen LogP contribution in [0.1, 0.15) is 15.9 Å². The fourth-order valence-electron chi connectivity index (χ4n) is 1.32. The normalized spacial score (nSPS) is 13.6. The molecule has 0 fully saturated rings. The van der Waals surface area contributed by atoms with Gasteiger partial charge in [0.15, 0.2) is 0 Å². The second-order valence-electron chi connectivity index (χ2n) is 2.88. The van der Waals surface area contributed by atoms with Gasteiger partial charge in [-0.2, -0.15) is 4.39 Å². The van der Waals surface area contributed by atoms with Crippen molar-refractivity contribution in [2.75, 3.05) is 0 Å². The highest BCUT2D eigenvalue weighted by molar-refractivity contribution is 9.10. The summed E-state index contributed by atoms with van der Waals surface area (Å²) in [6.45, 7) is -0.0658. The van der Waals surface area contributed by atoms with Crippen molar-refractivity contribution >= 4 is 27.6 Å². The van der Waals surface area contributed by atoms with Gasteiger partial charge in [-0.05, 0) is 15.9 Å². The van der Waals surface area contributed by atoms with Crippen molar-refractivity contribution in [3.05, 3.63) is 37.6 Å². The number of hydrogen-bond donors (Lipinski definition) is 0. The van der Waals surface area contributed by atoms with Crippen LogP contribution in [0.5, 0.6) is 0 Å². The van der Waals surface area contributed by atoms with Gasteiger partial charge in [0.1, 0.15) is 6.61 Å². The molecule has 0 atom stereocenters. The Balaban J connectivity index is 2.74. The number of esters is 1. The molecule has 15 heavy (non-hydrogen) atoms. The first-order valence-electron chi connectivity index (χ1n) is 3.84. The molecule has 5 nitrogen and oxygen atoms in total. The third-order valence-corrected chi connectivity index (χ3v) is 2.88. The Hall–Kier alpha value is -1.50. The number of cyclic esters (lactones) is 1. The largest absolute Gasteiger partial charge is 0.457 e. The first kappa shape index (κ1) is 10.0. The molecule has 0 unspecified atom stereocenters. The summed E-state index contributed by atoms with van der Waals surface area (Å²) in [4.78, 5) is 20.7. The van der Waals surface area contributed by atoms with Crippen LogP contribution in [0.3, 0.4) is 0 Å². The standard InChI is InChI=1S/C8H3BrFNO4/c9-6-4-2-15-8(12)3(4)1-5(7(6)10)11(13)14/h1H,2H2. The Morgan fingerprint density at radius 2 is 2.27 bits per heavy atom. The summed E-state index contributed by atoms with van der Waals surface area (Å²) in [7, 11) is 0. The van der Waals surface area contributed by atoms with E-state index < -0.39 is 22.4 Å². The number of ether oxygens (including phenoxy) is 1. The van der Waals surface area contributed by atoms with Crippen LogP contribution in [0.4, 0.5) is 10.1 Å². The van der Waals surface area contributed by atoms with E-state index in [0.717, 1.165) is 6.07 Å². The van der Waals surface area contributed by atoms with Crippen molar-refractivity contribution in [2.45, 2.75) is 6.61 Å². The van der Waals surface area contributed by atoms with E-state index in [1.165, 1.54) is 0 Å². The van der Waals surface area contributed by atoms with Crippen LogP contribution < -0.4 is 0 Å². The van der Waals surface area contributed by atoms with Crippen LogP contribution in [-0.2, 0) is 11.3 Å². The molecule has 2 rings (SSSR count). The fraction of sp³-hybridized carbons (Fsp3) is 0.125. The monoisotopic (exact) mass is 275 g/mol. The molecule has 1 aromatic carbocycles. The Labute approximate surface area is 91.1 Å². The van der Waals surface area contributed by atoms with E-state index in [2.05, 4.69) is 20.7 Å². The molecule has 1 aromatic rings. The number of carbonyl (C=O) groups is 1. The lowest BCUT2D eigenvalue weighted by molar-refractivity contribution is -0.387. The molecular weight excluding hydrogens is 273 g/mol. The lowest BCUT2D eigenvalue weighted by Crippen LogP contribution is -2.00. The SMILES string of the molecule is O=C1OCc2c1cc([N+](=O)[O-])c(F)c2Br. The highest BCUT2D eigenvalue weighted by Crippen LogP contribution is 2.35. The summed E-state index contributed by atoms with van der Waals surface area (Å²) in [6.07, 6.45) is 0. The van der Waals surface area contributed by atoms with Crippen molar-refractivity contribution in [3.63, 3.8) is 0 Å². The first-order chi connectivity index (χ1) is 7.02. The average molecular weight is 276 g/mol. The first-order valence-corrected chi connectivity index (χ1v) is 4.64. The van der Waals surface area contributed by atoms with Gasteiger partial charge in [-0.15, -0.1) is 0 Å². The maximum Gasteiger partial charge on any atom is 0.339 e. The zero-order chi connectivity index (χ0) is 11.2. The number of halogens is 2. The molecule has 1 aliphatic heterocycles. The van der Waals surface area contributed by atoms with Gasteiger partial charge in [-0.3, -0.25) is 10.1 Å². The zero-order valence-electron chi connectivity index (χ0n) is 7.12. The van der Waals surface area contributed by atoms with E-state index in [-0.39, 0.29) is 16.6 Å². The number of rotatable bonds is 1. The Bertz CT molecular complexity index is 487.